The van der Waals surface area contributed by atoms with Gasteiger partial charge in [-0.05, 0) is 54.8 Å². The number of nitrogens with zero attached hydrogens (tertiary/aromatic N) is 2. The normalized spacial score (nSPS) is 14.1. The smallest absolute Gasteiger partial charge is 0.254 e. The van der Waals surface area contributed by atoms with Gasteiger partial charge in [-0.3, -0.25) is 9.59 Å². The van der Waals surface area contributed by atoms with Crippen molar-refractivity contribution in [2.24, 2.45) is 0 Å². The molecule has 6 heteroatoms. The number of rotatable bonds is 3. The van der Waals surface area contributed by atoms with Gasteiger partial charge in [-0.15, -0.1) is 0 Å². The summed E-state index contributed by atoms with van der Waals surface area (Å²) in [5, 5.41) is 0. The molecule has 0 aromatic heterocycles. The Morgan fingerprint density at radius 1 is 1.12 bits per heavy atom. The van der Waals surface area contributed by atoms with Gasteiger partial charge < -0.3 is 9.80 Å². The second-order valence-corrected chi connectivity index (χ2v) is 6.53. The number of hydrogen-bond donors (Lipinski definition) is 0. The van der Waals surface area contributed by atoms with Crippen LogP contribution < -0.4 is 4.90 Å². The van der Waals surface area contributed by atoms with Crippen LogP contribution in [0, 0.1) is 11.6 Å². The lowest BCUT2D eigenvalue weighted by atomic mass is 10.0. The number of carbonyl (C=O) groups excluding carboxylic acids is 2. The Balaban J connectivity index is 1.82. The van der Waals surface area contributed by atoms with Crippen LogP contribution in [-0.2, 0) is 11.2 Å². The molecular weight excluding hydrogens is 338 g/mol. The molecule has 1 aliphatic heterocycles. The van der Waals surface area contributed by atoms with Crippen molar-refractivity contribution < 1.29 is 18.4 Å². The molecule has 0 aliphatic carbocycles. The van der Waals surface area contributed by atoms with Crippen LogP contribution in [0.2, 0.25) is 0 Å². The van der Waals surface area contributed by atoms with E-state index < -0.39 is 17.7 Å². The summed E-state index contributed by atoms with van der Waals surface area (Å²) < 4.78 is 26.6. The predicted octanol–water partition coefficient (Wildman–Crippen LogP) is 3.71. The van der Waals surface area contributed by atoms with Gasteiger partial charge in [0.15, 0.2) is 11.6 Å². The van der Waals surface area contributed by atoms with Gasteiger partial charge in [0.05, 0.1) is 6.04 Å². The Morgan fingerprint density at radius 3 is 2.50 bits per heavy atom. The molecule has 136 valence electrons. The zero-order chi connectivity index (χ0) is 19.0. The molecule has 0 fully saturated rings. The SMILES string of the molecule is CC(=O)N1CCc2cc(C(=O)N(C)C(C)c3ccc(F)c(F)c3)ccc21. The number of benzene rings is 2. The lowest BCUT2D eigenvalue weighted by molar-refractivity contribution is -0.116. The first-order valence-corrected chi connectivity index (χ1v) is 8.42. The highest BCUT2D eigenvalue weighted by atomic mass is 19.2. The lowest BCUT2D eigenvalue weighted by Crippen LogP contribution is -2.30. The Morgan fingerprint density at radius 2 is 1.85 bits per heavy atom. The van der Waals surface area contributed by atoms with E-state index in [9.17, 15) is 18.4 Å². The molecule has 1 heterocycles. The molecule has 0 radical (unpaired) electrons. The van der Waals surface area contributed by atoms with Gasteiger partial charge in [0.2, 0.25) is 5.91 Å². The van der Waals surface area contributed by atoms with Gasteiger partial charge in [-0.2, -0.15) is 0 Å². The molecule has 26 heavy (non-hydrogen) atoms. The fourth-order valence-corrected chi connectivity index (χ4v) is 3.24. The number of fused-ring (bicyclic) bond motifs is 1. The van der Waals surface area contributed by atoms with E-state index in [1.165, 1.54) is 17.9 Å². The van der Waals surface area contributed by atoms with Gasteiger partial charge >= 0.3 is 0 Å². The van der Waals surface area contributed by atoms with Crippen LogP contribution in [0.3, 0.4) is 0 Å². The minimum Gasteiger partial charge on any atom is -0.335 e. The van der Waals surface area contributed by atoms with Crippen LogP contribution in [0.5, 0.6) is 0 Å². The summed E-state index contributed by atoms with van der Waals surface area (Å²) in [4.78, 5) is 27.6. The molecule has 0 bridgehead atoms. The van der Waals surface area contributed by atoms with Crippen molar-refractivity contribution in [3.8, 4) is 0 Å². The van der Waals surface area contributed by atoms with Crippen molar-refractivity contribution in [1.29, 1.82) is 0 Å². The summed E-state index contributed by atoms with van der Waals surface area (Å²) in [6, 6.07) is 8.50. The largest absolute Gasteiger partial charge is 0.335 e. The summed E-state index contributed by atoms with van der Waals surface area (Å²) >= 11 is 0. The highest BCUT2D eigenvalue weighted by molar-refractivity contribution is 5.98. The third-order valence-corrected chi connectivity index (χ3v) is 4.93. The third kappa shape index (κ3) is 3.19. The summed E-state index contributed by atoms with van der Waals surface area (Å²) in [5.41, 5.74) is 2.82. The van der Waals surface area contributed by atoms with Crippen LogP contribution in [-0.4, -0.2) is 30.3 Å². The molecule has 1 atom stereocenters. The summed E-state index contributed by atoms with van der Waals surface area (Å²) in [6.07, 6.45) is 0.707. The van der Waals surface area contributed by atoms with Gasteiger partial charge in [-0.1, -0.05) is 6.07 Å². The van der Waals surface area contributed by atoms with Crippen LogP contribution >= 0.6 is 0 Å². The molecule has 0 spiro atoms. The second kappa shape index (κ2) is 6.86. The molecule has 1 unspecified atom stereocenters. The topological polar surface area (TPSA) is 40.6 Å². The monoisotopic (exact) mass is 358 g/mol. The van der Waals surface area contributed by atoms with E-state index in [1.807, 2.05) is 0 Å². The molecule has 3 rings (SSSR count). The Bertz CT molecular complexity index is 882. The number of halogens is 2. The van der Waals surface area contributed by atoms with E-state index in [0.717, 1.165) is 23.4 Å². The van der Waals surface area contributed by atoms with Crippen molar-refractivity contribution in [3.63, 3.8) is 0 Å². The van der Waals surface area contributed by atoms with Crippen molar-refractivity contribution in [2.45, 2.75) is 26.3 Å². The van der Waals surface area contributed by atoms with Gasteiger partial charge in [0.1, 0.15) is 0 Å². The van der Waals surface area contributed by atoms with Crippen LogP contribution in [0.4, 0.5) is 14.5 Å². The standard InChI is InChI=1S/C20H20F2N2O2/c1-12(14-4-6-17(21)18(22)11-14)23(3)20(26)16-5-7-19-15(10-16)8-9-24(19)13(2)25/h4-7,10-12H,8-9H2,1-3H3. The minimum atomic E-state index is -0.933. The first-order valence-electron chi connectivity index (χ1n) is 8.42. The van der Waals surface area contributed by atoms with Gasteiger partial charge in [-0.25, -0.2) is 8.78 Å². The van der Waals surface area contributed by atoms with Gasteiger partial charge in [0, 0.05) is 31.8 Å². The maximum Gasteiger partial charge on any atom is 0.254 e. The molecule has 2 aromatic carbocycles. The minimum absolute atomic E-state index is 0.0214. The zero-order valence-corrected chi connectivity index (χ0v) is 14.9. The zero-order valence-electron chi connectivity index (χ0n) is 14.9. The Hall–Kier alpha value is -2.76. The summed E-state index contributed by atoms with van der Waals surface area (Å²) in [7, 11) is 1.63. The van der Waals surface area contributed by atoms with Crippen LogP contribution in [0.15, 0.2) is 36.4 Å². The quantitative estimate of drug-likeness (QED) is 0.839. The molecule has 0 saturated carbocycles. The summed E-state index contributed by atoms with van der Waals surface area (Å²) in [5.74, 6) is -2.08. The molecule has 0 N–H and O–H groups in total. The second-order valence-electron chi connectivity index (χ2n) is 6.53. The van der Waals surface area contributed by atoms with Crippen LogP contribution in [0.25, 0.3) is 0 Å². The Labute approximate surface area is 151 Å². The predicted molar refractivity (Wildman–Crippen MR) is 95.0 cm³/mol. The fraction of sp³-hybridized carbons (Fsp3) is 0.300. The average Bonchev–Trinajstić information content (AvgIpc) is 3.05. The van der Waals surface area contributed by atoms with Gasteiger partial charge in [0.25, 0.3) is 5.91 Å². The van der Waals surface area contributed by atoms with E-state index >= 15 is 0 Å². The number of anilines is 1. The number of carbonyl (C=O) groups is 2. The maximum absolute atomic E-state index is 13.5. The maximum atomic E-state index is 13.5. The molecule has 4 nitrogen and oxygen atoms in total. The lowest BCUT2D eigenvalue weighted by Gasteiger charge is -2.26. The molecular formula is C20H20F2N2O2. The fourth-order valence-electron chi connectivity index (χ4n) is 3.24. The number of amides is 2. The van der Waals surface area contributed by atoms with E-state index in [2.05, 4.69) is 0 Å². The van der Waals surface area contributed by atoms with Crippen molar-refractivity contribution in [1.82, 2.24) is 4.90 Å². The number of hydrogen-bond acceptors (Lipinski definition) is 2. The third-order valence-electron chi connectivity index (χ3n) is 4.93. The average molecular weight is 358 g/mol. The Kier molecular flexibility index (Phi) is 4.76. The van der Waals surface area contributed by atoms with Crippen molar-refractivity contribution >= 4 is 17.5 Å². The first-order chi connectivity index (χ1) is 12.3. The molecule has 0 saturated heterocycles. The van der Waals surface area contributed by atoms with Crippen molar-refractivity contribution in [2.75, 3.05) is 18.5 Å². The van der Waals surface area contributed by atoms with E-state index in [-0.39, 0.29) is 11.8 Å². The van der Waals surface area contributed by atoms with Crippen molar-refractivity contribution in [3.05, 3.63) is 64.7 Å². The molecule has 2 amide bonds. The van der Waals surface area contributed by atoms with E-state index in [1.54, 1.807) is 37.1 Å². The molecule has 1 aliphatic rings. The van der Waals surface area contributed by atoms with E-state index in [0.29, 0.717) is 24.1 Å². The molecule has 2 aromatic rings. The highest BCUT2D eigenvalue weighted by Crippen LogP contribution is 2.30. The summed E-state index contributed by atoms with van der Waals surface area (Å²) in [6.45, 7) is 3.89. The van der Waals surface area contributed by atoms with E-state index in [4.69, 9.17) is 0 Å². The highest BCUT2D eigenvalue weighted by Gasteiger charge is 2.25. The van der Waals surface area contributed by atoms with Crippen LogP contribution in [0.1, 0.15) is 41.4 Å². The first kappa shape index (κ1) is 18.0.